The van der Waals surface area contributed by atoms with E-state index in [0.717, 1.165) is 5.56 Å². The zero-order chi connectivity index (χ0) is 17.7. The first-order valence-electron chi connectivity index (χ1n) is 6.72. The van der Waals surface area contributed by atoms with Gasteiger partial charge in [0.25, 0.3) is 0 Å². The lowest BCUT2D eigenvalue weighted by molar-refractivity contribution is -0.385. The Balaban J connectivity index is 2.00. The van der Waals surface area contributed by atoms with E-state index in [1.165, 1.54) is 24.3 Å². The minimum absolute atomic E-state index is 0.0370. The summed E-state index contributed by atoms with van der Waals surface area (Å²) in [5.74, 6) is 0.346. The van der Waals surface area contributed by atoms with Gasteiger partial charge in [-0.05, 0) is 30.2 Å². The van der Waals surface area contributed by atoms with Gasteiger partial charge in [-0.15, -0.1) is 0 Å². The van der Waals surface area contributed by atoms with Gasteiger partial charge >= 0.3 is 5.69 Å². The van der Waals surface area contributed by atoms with Crippen LogP contribution in [-0.4, -0.2) is 24.9 Å². The number of anilines is 1. The minimum Gasteiger partial charge on any atom is -0.370 e. The zero-order valence-corrected chi connectivity index (χ0v) is 13.2. The fraction of sp³-hybridized carbons (Fsp3) is 0.143. The molecule has 9 nitrogen and oxygen atoms in total. The molecule has 0 atom stereocenters. The van der Waals surface area contributed by atoms with Gasteiger partial charge in [-0.1, -0.05) is 12.1 Å². The number of hydrogen-bond donors (Lipinski definition) is 2. The molecule has 2 aromatic rings. The van der Waals surface area contributed by atoms with Crippen LogP contribution >= 0.6 is 0 Å². The molecule has 0 amide bonds. The molecular formula is C14H13N5O4S. The Kier molecular flexibility index (Phi) is 5.08. The molecule has 24 heavy (non-hydrogen) atoms. The lowest BCUT2D eigenvalue weighted by atomic mass is 10.1. The van der Waals surface area contributed by atoms with Gasteiger partial charge in [-0.2, -0.15) is 5.26 Å². The van der Waals surface area contributed by atoms with E-state index in [0.29, 0.717) is 18.8 Å². The maximum absolute atomic E-state index is 11.2. The number of nitriles is 1. The summed E-state index contributed by atoms with van der Waals surface area (Å²) in [5, 5.41) is 27.6. The third kappa shape index (κ3) is 4.25. The summed E-state index contributed by atoms with van der Waals surface area (Å²) in [4.78, 5) is 14.0. The monoisotopic (exact) mass is 347 g/mol. The second-order valence-electron chi connectivity index (χ2n) is 4.80. The summed E-state index contributed by atoms with van der Waals surface area (Å²) in [6.07, 6.45) is 0.561. The van der Waals surface area contributed by atoms with Crippen LogP contribution in [0.4, 0.5) is 11.5 Å². The summed E-state index contributed by atoms with van der Waals surface area (Å²) in [6, 6.07) is 10.4. The van der Waals surface area contributed by atoms with Crippen molar-refractivity contribution < 1.29 is 13.3 Å². The number of nitro groups is 1. The SMILES string of the molecule is N#Cc1nc(NCCc2ccc(S(N)(=O)=O)cc2)ccc1[N+](=O)[O-]. The van der Waals surface area contributed by atoms with Crippen molar-refractivity contribution >= 4 is 21.5 Å². The molecule has 0 aliphatic heterocycles. The van der Waals surface area contributed by atoms with Gasteiger partial charge in [0.05, 0.1) is 9.82 Å². The Bertz CT molecular complexity index is 904. The van der Waals surface area contributed by atoms with E-state index in [1.807, 2.05) is 0 Å². The molecule has 0 saturated heterocycles. The number of pyridine rings is 1. The standard InChI is InChI=1S/C14H13N5O4S/c15-9-12-13(19(20)21)5-6-14(18-12)17-8-7-10-1-3-11(4-2-10)24(16,22)23/h1-6H,7-8H2,(H,17,18)(H2,16,22,23). The van der Waals surface area contributed by atoms with Crippen molar-refractivity contribution in [2.24, 2.45) is 5.14 Å². The number of aromatic nitrogens is 1. The molecule has 0 aliphatic carbocycles. The van der Waals surface area contributed by atoms with Crippen molar-refractivity contribution in [1.29, 1.82) is 5.26 Å². The largest absolute Gasteiger partial charge is 0.370 e. The van der Waals surface area contributed by atoms with E-state index < -0.39 is 14.9 Å². The molecular weight excluding hydrogens is 334 g/mol. The summed E-state index contributed by atoms with van der Waals surface area (Å²) < 4.78 is 22.3. The molecule has 2 rings (SSSR count). The molecule has 0 fully saturated rings. The Morgan fingerprint density at radius 2 is 1.92 bits per heavy atom. The molecule has 0 unspecified atom stereocenters. The van der Waals surface area contributed by atoms with E-state index in [1.54, 1.807) is 18.2 Å². The Hall–Kier alpha value is -3.03. The summed E-state index contributed by atoms with van der Waals surface area (Å²) in [6.45, 7) is 0.449. The van der Waals surface area contributed by atoms with Crippen LogP contribution in [-0.2, 0) is 16.4 Å². The summed E-state index contributed by atoms with van der Waals surface area (Å²) in [7, 11) is -3.71. The number of sulfonamides is 1. The summed E-state index contributed by atoms with van der Waals surface area (Å²) in [5.41, 5.74) is 0.265. The molecule has 0 bridgehead atoms. The molecule has 1 aromatic carbocycles. The van der Waals surface area contributed by atoms with Crippen molar-refractivity contribution in [3.63, 3.8) is 0 Å². The average molecular weight is 347 g/mol. The van der Waals surface area contributed by atoms with Crippen LogP contribution < -0.4 is 10.5 Å². The van der Waals surface area contributed by atoms with Crippen LogP contribution in [0.2, 0.25) is 0 Å². The molecule has 0 radical (unpaired) electrons. The van der Waals surface area contributed by atoms with Gasteiger partial charge in [0.1, 0.15) is 11.9 Å². The Morgan fingerprint density at radius 3 is 2.46 bits per heavy atom. The molecule has 1 heterocycles. The maximum atomic E-state index is 11.2. The highest BCUT2D eigenvalue weighted by Gasteiger charge is 2.15. The number of rotatable bonds is 6. The first kappa shape index (κ1) is 17.3. The third-order valence-corrected chi connectivity index (χ3v) is 4.08. The molecule has 0 saturated carbocycles. The van der Waals surface area contributed by atoms with Crippen LogP contribution in [0.1, 0.15) is 11.3 Å². The van der Waals surface area contributed by atoms with Crippen molar-refractivity contribution in [3.05, 3.63) is 57.8 Å². The first-order chi connectivity index (χ1) is 11.3. The second kappa shape index (κ2) is 7.03. The first-order valence-corrected chi connectivity index (χ1v) is 8.27. The Morgan fingerprint density at radius 1 is 1.25 bits per heavy atom. The van der Waals surface area contributed by atoms with Gasteiger partial charge in [-0.3, -0.25) is 10.1 Å². The van der Waals surface area contributed by atoms with Crippen LogP contribution in [0.15, 0.2) is 41.3 Å². The highest BCUT2D eigenvalue weighted by atomic mass is 32.2. The molecule has 0 spiro atoms. The van der Waals surface area contributed by atoms with Crippen molar-refractivity contribution in [3.8, 4) is 6.07 Å². The lowest BCUT2D eigenvalue weighted by Crippen LogP contribution is -2.12. The number of nitrogens with zero attached hydrogens (tertiary/aromatic N) is 3. The lowest BCUT2D eigenvalue weighted by Gasteiger charge is -2.06. The van der Waals surface area contributed by atoms with E-state index in [4.69, 9.17) is 10.4 Å². The predicted molar refractivity (Wildman–Crippen MR) is 85.6 cm³/mol. The van der Waals surface area contributed by atoms with Gasteiger partial charge in [0.15, 0.2) is 0 Å². The van der Waals surface area contributed by atoms with Gasteiger partial charge in [-0.25, -0.2) is 18.5 Å². The van der Waals surface area contributed by atoms with Crippen molar-refractivity contribution in [2.45, 2.75) is 11.3 Å². The van der Waals surface area contributed by atoms with E-state index in [9.17, 15) is 18.5 Å². The van der Waals surface area contributed by atoms with Crippen molar-refractivity contribution in [2.75, 3.05) is 11.9 Å². The number of nitrogens with two attached hydrogens (primary N) is 1. The van der Waals surface area contributed by atoms with E-state index >= 15 is 0 Å². The highest BCUT2D eigenvalue weighted by Crippen LogP contribution is 2.18. The average Bonchev–Trinajstić information content (AvgIpc) is 2.54. The third-order valence-electron chi connectivity index (χ3n) is 3.15. The van der Waals surface area contributed by atoms with Crippen LogP contribution in [0.25, 0.3) is 0 Å². The topological polar surface area (TPSA) is 152 Å². The van der Waals surface area contributed by atoms with E-state index in [-0.39, 0.29) is 16.3 Å². The molecule has 124 valence electrons. The smallest absolute Gasteiger partial charge is 0.305 e. The Labute approximate surface area is 137 Å². The number of benzene rings is 1. The molecule has 0 aliphatic rings. The number of hydrogen-bond acceptors (Lipinski definition) is 7. The van der Waals surface area contributed by atoms with Gasteiger partial charge < -0.3 is 5.32 Å². The quantitative estimate of drug-likeness (QED) is 0.587. The van der Waals surface area contributed by atoms with Crippen molar-refractivity contribution in [1.82, 2.24) is 4.98 Å². The van der Waals surface area contributed by atoms with Gasteiger partial charge in [0, 0.05) is 12.6 Å². The normalized spacial score (nSPS) is 10.8. The maximum Gasteiger partial charge on any atom is 0.305 e. The molecule has 10 heteroatoms. The van der Waals surface area contributed by atoms with Crippen LogP contribution in [0, 0.1) is 21.4 Å². The molecule has 3 N–H and O–H groups in total. The van der Waals surface area contributed by atoms with Crippen LogP contribution in [0.3, 0.4) is 0 Å². The van der Waals surface area contributed by atoms with E-state index in [2.05, 4.69) is 10.3 Å². The fourth-order valence-corrected chi connectivity index (χ4v) is 2.48. The number of nitrogens with one attached hydrogen (secondary N) is 1. The minimum atomic E-state index is -3.71. The molecule has 1 aromatic heterocycles. The van der Waals surface area contributed by atoms with Gasteiger partial charge in [0.2, 0.25) is 15.7 Å². The fourth-order valence-electron chi connectivity index (χ4n) is 1.96. The zero-order valence-electron chi connectivity index (χ0n) is 12.3. The van der Waals surface area contributed by atoms with Crippen LogP contribution in [0.5, 0.6) is 0 Å². The number of primary sulfonamides is 1. The predicted octanol–water partition coefficient (Wildman–Crippen LogP) is 1.16. The summed E-state index contributed by atoms with van der Waals surface area (Å²) >= 11 is 0. The highest BCUT2D eigenvalue weighted by molar-refractivity contribution is 7.89. The second-order valence-corrected chi connectivity index (χ2v) is 6.36.